The second kappa shape index (κ2) is 29.5. The van der Waals surface area contributed by atoms with Crippen molar-refractivity contribution < 1.29 is 74.5 Å². The van der Waals surface area contributed by atoms with Crippen molar-refractivity contribution in [2.24, 2.45) is 0 Å². The molecule has 2 saturated heterocycles. The number of aliphatic hydroxyl groups is 8. The molecule has 0 aromatic rings. The maximum atomic E-state index is 13.1. The van der Waals surface area contributed by atoms with E-state index in [1.165, 1.54) is 0 Å². The number of aliphatic hydroxyl groups excluding tert-OH is 8. The molecule has 21 heteroatoms. The summed E-state index contributed by atoms with van der Waals surface area (Å²) in [5, 5.41) is 106. The molecule has 0 aliphatic carbocycles. The largest absolute Gasteiger partial charge is 0.481 e. The van der Waals surface area contributed by atoms with Crippen molar-refractivity contribution in [3.05, 3.63) is 0 Å². The van der Waals surface area contributed by atoms with E-state index in [1.54, 1.807) is 0 Å². The highest BCUT2D eigenvalue weighted by Crippen LogP contribution is 2.22. The minimum atomic E-state index is -1.55. The Bertz CT molecular complexity index is 1010. The maximum absolute atomic E-state index is 13.1. The lowest BCUT2D eigenvalue weighted by Gasteiger charge is -2.39. The number of amides is 1. The standard InChI is InChI=1S/C34H68N6O15/c41-20-23-26(45)28(47)30(49)33(54-23)52-18-16-38-13-12-36-10-11-37-14-15-39-22(6-3-5-9-35-8-4-1-2-7-25(43)44)32(51)40-17-19-53-34-31(50)29(48)27(46)24(21-42)55-34/h22-24,26-31,33-39,41-42,45-50H,1-21H2,(H,40,51)(H,43,44)/t22?,23-,24-,26-,27-,28+,29+,30-,31-,33+,34+/m1/s1. The summed E-state index contributed by atoms with van der Waals surface area (Å²) < 4.78 is 21.6. The van der Waals surface area contributed by atoms with Gasteiger partial charge in [0, 0.05) is 58.8 Å². The highest BCUT2D eigenvalue weighted by atomic mass is 16.7. The van der Waals surface area contributed by atoms with Crippen LogP contribution in [0.15, 0.2) is 0 Å². The van der Waals surface area contributed by atoms with Crippen LogP contribution in [0.5, 0.6) is 0 Å². The predicted octanol–water partition coefficient (Wildman–Crippen LogP) is -6.13. The summed E-state index contributed by atoms with van der Waals surface area (Å²) in [6, 6.07) is -0.473. The predicted molar refractivity (Wildman–Crippen MR) is 196 cm³/mol. The zero-order valence-corrected chi connectivity index (χ0v) is 31.7. The van der Waals surface area contributed by atoms with Crippen LogP contribution in [0.2, 0.25) is 0 Å². The third kappa shape index (κ3) is 19.5. The summed E-state index contributed by atoms with van der Waals surface area (Å²) in [7, 11) is 0. The summed E-state index contributed by atoms with van der Waals surface area (Å²) >= 11 is 0. The lowest BCUT2D eigenvalue weighted by molar-refractivity contribution is -0.300. The minimum Gasteiger partial charge on any atom is -0.481 e. The van der Waals surface area contributed by atoms with Crippen LogP contribution in [0, 0.1) is 0 Å². The van der Waals surface area contributed by atoms with Crippen LogP contribution in [0.3, 0.4) is 0 Å². The molecule has 0 aromatic carbocycles. The van der Waals surface area contributed by atoms with E-state index in [0.29, 0.717) is 58.7 Å². The molecular formula is C34H68N6O15. The summed E-state index contributed by atoms with van der Waals surface area (Å²) in [5.41, 5.74) is 0. The van der Waals surface area contributed by atoms with E-state index in [0.717, 1.165) is 38.8 Å². The molecule has 1 unspecified atom stereocenters. The quantitative estimate of drug-likeness (QED) is 0.0282. The van der Waals surface area contributed by atoms with Crippen LogP contribution in [0.25, 0.3) is 0 Å². The third-order valence-corrected chi connectivity index (χ3v) is 9.25. The molecule has 21 nitrogen and oxygen atoms in total. The van der Waals surface area contributed by atoms with Crippen LogP contribution in [0.4, 0.5) is 0 Å². The number of rotatable bonds is 32. The number of carboxylic acids is 1. The molecule has 0 spiro atoms. The number of carboxylic acid groups (broad SMARTS) is 1. The van der Waals surface area contributed by atoms with E-state index in [4.69, 9.17) is 24.1 Å². The molecule has 0 bridgehead atoms. The minimum absolute atomic E-state index is 0.0441. The zero-order chi connectivity index (χ0) is 40.4. The summed E-state index contributed by atoms with van der Waals surface area (Å²) in [6.07, 6.45) is -8.65. The number of aliphatic carboxylic acids is 1. The fourth-order valence-corrected chi connectivity index (χ4v) is 5.95. The molecule has 324 valence electrons. The third-order valence-electron chi connectivity index (χ3n) is 9.25. The summed E-state index contributed by atoms with van der Waals surface area (Å²) in [4.78, 5) is 23.7. The number of ether oxygens (including phenoxy) is 4. The van der Waals surface area contributed by atoms with Crippen molar-refractivity contribution in [1.29, 1.82) is 0 Å². The second-order valence-electron chi connectivity index (χ2n) is 13.6. The average Bonchev–Trinajstić information content (AvgIpc) is 3.17. The monoisotopic (exact) mass is 800 g/mol. The highest BCUT2D eigenvalue weighted by Gasteiger charge is 2.45. The molecule has 2 aliphatic rings. The van der Waals surface area contributed by atoms with E-state index in [9.17, 15) is 50.4 Å². The Morgan fingerprint density at radius 3 is 1.55 bits per heavy atom. The number of carbonyl (C=O) groups is 2. The van der Waals surface area contributed by atoms with Gasteiger partial charge >= 0.3 is 5.97 Å². The van der Waals surface area contributed by atoms with Gasteiger partial charge in [0.2, 0.25) is 5.91 Å². The van der Waals surface area contributed by atoms with E-state index in [1.807, 2.05) is 0 Å². The van der Waals surface area contributed by atoms with E-state index in [-0.39, 0.29) is 32.1 Å². The fraction of sp³-hybridized carbons (Fsp3) is 0.941. The van der Waals surface area contributed by atoms with Gasteiger partial charge in [0.25, 0.3) is 0 Å². The van der Waals surface area contributed by atoms with Gasteiger partial charge in [-0.2, -0.15) is 0 Å². The number of unbranched alkanes of at least 4 members (excludes halogenated alkanes) is 3. The van der Waals surface area contributed by atoms with Gasteiger partial charge in [0.1, 0.15) is 48.8 Å². The maximum Gasteiger partial charge on any atom is 0.303 e. The highest BCUT2D eigenvalue weighted by molar-refractivity contribution is 5.81. The molecule has 0 radical (unpaired) electrons. The number of hydrogen-bond acceptors (Lipinski definition) is 19. The molecule has 2 fully saturated rings. The molecule has 2 heterocycles. The molecule has 11 atom stereocenters. The van der Waals surface area contributed by atoms with Gasteiger partial charge in [0.15, 0.2) is 12.6 Å². The van der Waals surface area contributed by atoms with Gasteiger partial charge in [-0.15, -0.1) is 0 Å². The van der Waals surface area contributed by atoms with Crippen molar-refractivity contribution in [2.75, 3.05) is 91.9 Å². The van der Waals surface area contributed by atoms with Crippen molar-refractivity contribution in [2.45, 2.75) is 112 Å². The topological polar surface area (TPSA) is 325 Å². The van der Waals surface area contributed by atoms with Crippen LogP contribution in [-0.2, 0) is 28.5 Å². The van der Waals surface area contributed by atoms with Gasteiger partial charge < -0.3 is 96.8 Å². The molecular weight excluding hydrogens is 732 g/mol. The van der Waals surface area contributed by atoms with Crippen molar-refractivity contribution in [1.82, 2.24) is 31.9 Å². The second-order valence-corrected chi connectivity index (χ2v) is 13.6. The summed E-state index contributed by atoms with van der Waals surface area (Å²) in [5.74, 6) is -1.01. The fourth-order valence-electron chi connectivity index (χ4n) is 5.95. The first-order valence-corrected chi connectivity index (χ1v) is 19.4. The molecule has 55 heavy (non-hydrogen) atoms. The van der Waals surface area contributed by atoms with Crippen LogP contribution >= 0.6 is 0 Å². The molecule has 2 aliphatic heterocycles. The smallest absolute Gasteiger partial charge is 0.303 e. The molecule has 1 amide bonds. The van der Waals surface area contributed by atoms with E-state index in [2.05, 4.69) is 31.9 Å². The Morgan fingerprint density at radius 2 is 1.02 bits per heavy atom. The molecule has 2 rings (SSSR count). The normalized spacial score (nSPS) is 28.9. The van der Waals surface area contributed by atoms with E-state index < -0.39 is 86.6 Å². The number of carbonyl (C=O) groups excluding carboxylic acids is 1. The number of hydrogen-bond donors (Lipinski definition) is 15. The van der Waals surface area contributed by atoms with Crippen LogP contribution in [-0.4, -0.2) is 217 Å². The van der Waals surface area contributed by atoms with Crippen LogP contribution in [0.1, 0.15) is 44.9 Å². The van der Waals surface area contributed by atoms with Gasteiger partial charge in [-0.25, -0.2) is 0 Å². The Labute approximate surface area is 322 Å². The Kier molecular flexibility index (Phi) is 26.5. The molecule has 15 N–H and O–H groups in total. The van der Waals surface area contributed by atoms with Crippen molar-refractivity contribution in [3.63, 3.8) is 0 Å². The zero-order valence-electron chi connectivity index (χ0n) is 31.7. The average molecular weight is 801 g/mol. The SMILES string of the molecule is O=C(O)CCCCCNCCCCC(NCCNCCNCCNCCO[C@H]1O[C@H](CO)[C@@H](O)[C@H](O)[C@H]1O)C(=O)NCCO[C@H]1O[C@H](CO)[C@@H](O)[C@H](O)[C@H]1O. The first-order chi connectivity index (χ1) is 26.5. The Balaban J connectivity index is 1.60. The van der Waals surface area contributed by atoms with Gasteiger partial charge in [0.05, 0.1) is 32.5 Å². The summed E-state index contributed by atoms with van der Waals surface area (Å²) in [6.45, 7) is 5.04. The van der Waals surface area contributed by atoms with Gasteiger partial charge in [-0.3, -0.25) is 9.59 Å². The van der Waals surface area contributed by atoms with Crippen molar-refractivity contribution >= 4 is 11.9 Å². The Morgan fingerprint density at radius 1 is 0.545 bits per heavy atom. The molecule has 0 aromatic heterocycles. The lowest BCUT2D eigenvalue weighted by Crippen LogP contribution is -2.59. The Hall–Kier alpha value is -1.74. The van der Waals surface area contributed by atoms with Gasteiger partial charge in [-0.05, 0) is 38.8 Å². The van der Waals surface area contributed by atoms with Crippen molar-refractivity contribution in [3.8, 4) is 0 Å². The van der Waals surface area contributed by atoms with Gasteiger partial charge in [-0.1, -0.05) is 12.8 Å². The first-order valence-electron chi connectivity index (χ1n) is 19.4. The lowest BCUT2D eigenvalue weighted by atomic mass is 9.99. The van der Waals surface area contributed by atoms with E-state index >= 15 is 0 Å². The van der Waals surface area contributed by atoms with Crippen LogP contribution < -0.4 is 31.9 Å². The number of nitrogens with one attached hydrogen (secondary N) is 6. The molecule has 0 saturated carbocycles. The first kappa shape index (κ1) is 49.4.